The van der Waals surface area contributed by atoms with Crippen molar-refractivity contribution in [3.05, 3.63) is 53.6 Å². The first-order valence-corrected chi connectivity index (χ1v) is 9.64. The van der Waals surface area contributed by atoms with Gasteiger partial charge >= 0.3 is 5.97 Å². The van der Waals surface area contributed by atoms with Crippen LogP contribution >= 0.6 is 11.6 Å². The number of nitrogens with one attached hydrogen (secondary N) is 1. The number of ether oxygens (including phenoxy) is 1. The molecule has 0 aliphatic heterocycles. The molecule has 0 fully saturated rings. The van der Waals surface area contributed by atoms with Crippen molar-refractivity contribution >= 4 is 27.6 Å². The van der Waals surface area contributed by atoms with E-state index in [1.165, 1.54) is 24.3 Å². The van der Waals surface area contributed by atoms with Crippen molar-refractivity contribution in [3.63, 3.8) is 0 Å². The van der Waals surface area contributed by atoms with E-state index in [9.17, 15) is 18.3 Å². The normalized spacial score (nSPS) is 13.2. The highest BCUT2D eigenvalue weighted by Gasteiger charge is 2.35. The van der Waals surface area contributed by atoms with Crippen LogP contribution in [-0.2, 0) is 14.8 Å². The van der Waals surface area contributed by atoms with Crippen LogP contribution in [0.5, 0.6) is 11.5 Å². The van der Waals surface area contributed by atoms with Crippen molar-refractivity contribution in [1.29, 1.82) is 0 Å². The van der Waals surface area contributed by atoms with Gasteiger partial charge in [0.05, 0.1) is 4.90 Å². The van der Waals surface area contributed by atoms with Crippen LogP contribution < -0.4 is 9.46 Å². The van der Waals surface area contributed by atoms with Crippen LogP contribution in [0.3, 0.4) is 0 Å². The zero-order valence-corrected chi connectivity index (χ0v) is 16.1. The molecule has 0 spiro atoms. The Morgan fingerprint density at radius 1 is 1.04 bits per heavy atom. The van der Waals surface area contributed by atoms with Crippen molar-refractivity contribution in [2.24, 2.45) is 5.41 Å². The average Bonchev–Trinajstić information content (AvgIpc) is 2.54. The zero-order chi connectivity index (χ0) is 19.5. The zero-order valence-electron chi connectivity index (χ0n) is 14.6. The van der Waals surface area contributed by atoms with Crippen molar-refractivity contribution in [2.75, 3.05) is 0 Å². The summed E-state index contributed by atoms with van der Waals surface area (Å²) >= 11 is 5.81. The molecule has 6 nitrogen and oxygen atoms in total. The molecule has 0 amide bonds. The van der Waals surface area contributed by atoms with E-state index in [-0.39, 0.29) is 4.90 Å². The highest BCUT2D eigenvalue weighted by molar-refractivity contribution is 7.89. The highest BCUT2D eigenvalue weighted by atomic mass is 35.5. The Morgan fingerprint density at radius 3 is 1.92 bits per heavy atom. The van der Waals surface area contributed by atoms with Gasteiger partial charge in [0, 0.05) is 5.02 Å². The number of carboxylic acid groups (broad SMARTS) is 1. The number of aliphatic carboxylic acids is 1. The first kappa shape index (κ1) is 20.2. The van der Waals surface area contributed by atoms with Gasteiger partial charge in [-0.15, -0.1) is 0 Å². The first-order chi connectivity index (χ1) is 12.0. The molecule has 0 aliphatic carbocycles. The minimum Gasteiger partial charge on any atom is -0.480 e. The van der Waals surface area contributed by atoms with Gasteiger partial charge in [0.25, 0.3) is 0 Å². The lowest BCUT2D eigenvalue weighted by atomic mass is 9.88. The Kier molecular flexibility index (Phi) is 5.95. The molecule has 2 rings (SSSR count). The third-order valence-corrected chi connectivity index (χ3v) is 5.26. The molecule has 0 bridgehead atoms. The number of carboxylic acids is 1. The molecular weight excluding hydrogens is 378 g/mol. The van der Waals surface area contributed by atoms with E-state index in [4.69, 9.17) is 16.3 Å². The average molecular weight is 398 g/mol. The highest BCUT2D eigenvalue weighted by Crippen LogP contribution is 2.25. The smallest absolute Gasteiger partial charge is 0.322 e. The molecule has 2 aromatic rings. The van der Waals surface area contributed by atoms with E-state index in [2.05, 4.69) is 4.72 Å². The van der Waals surface area contributed by atoms with Crippen molar-refractivity contribution in [2.45, 2.75) is 31.7 Å². The molecule has 8 heteroatoms. The molecule has 0 saturated heterocycles. The van der Waals surface area contributed by atoms with E-state index < -0.39 is 27.4 Å². The monoisotopic (exact) mass is 397 g/mol. The molecule has 140 valence electrons. The summed E-state index contributed by atoms with van der Waals surface area (Å²) in [5, 5.41) is 9.87. The maximum absolute atomic E-state index is 12.5. The van der Waals surface area contributed by atoms with E-state index >= 15 is 0 Å². The van der Waals surface area contributed by atoms with E-state index in [0.29, 0.717) is 16.5 Å². The van der Waals surface area contributed by atoms with Crippen molar-refractivity contribution in [3.8, 4) is 11.5 Å². The van der Waals surface area contributed by atoms with Crippen LogP contribution in [-0.4, -0.2) is 25.5 Å². The Bertz CT molecular complexity index is 871. The summed E-state index contributed by atoms with van der Waals surface area (Å²) in [6, 6.07) is 11.2. The molecule has 2 aromatic carbocycles. The molecule has 0 aromatic heterocycles. The number of benzene rings is 2. The van der Waals surface area contributed by atoms with Crippen LogP contribution in [0.2, 0.25) is 5.02 Å². The third-order valence-electron chi connectivity index (χ3n) is 3.57. The fraction of sp³-hybridized carbons (Fsp3) is 0.278. The van der Waals surface area contributed by atoms with Crippen molar-refractivity contribution in [1.82, 2.24) is 4.72 Å². The first-order valence-electron chi connectivity index (χ1n) is 7.78. The molecule has 0 heterocycles. The number of halogens is 1. The van der Waals surface area contributed by atoms with Gasteiger partial charge in [0.2, 0.25) is 10.0 Å². The lowest BCUT2D eigenvalue weighted by Gasteiger charge is -2.27. The Balaban J connectivity index is 2.18. The van der Waals surface area contributed by atoms with Gasteiger partial charge in [-0.1, -0.05) is 32.4 Å². The summed E-state index contributed by atoms with van der Waals surface area (Å²) in [4.78, 5) is 11.3. The van der Waals surface area contributed by atoms with Gasteiger partial charge in [-0.05, 0) is 53.9 Å². The Morgan fingerprint density at radius 2 is 1.50 bits per heavy atom. The van der Waals surface area contributed by atoms with Crippen LogP contribution in [0.1, 0.15) is 20.8 Å². The summed E-state index contributed by atoms with van der Waals surface area (Å²) in [7, 11) is -3.99. The lowest BCUT2D eigenvalue weighted by molar-refractivity contribution is -0.141. The maximum atomic E-state index is 12.5. The summed E-state index contributed by atoms with van der Waals surface area (Å²) in [6.07, 6.45) is 0. The molecule has 0 aliphatic rings. The third kappa shape index (κ3) is 5.20. The predicted octanol–water partition coefficient (Wildman–Crippen LogP) is 3.91. The Hall–Kier alpha value is -2.09. The SMILES string of the molecule is CC(C)(C)[C@@H](NS(=O)(=O)c1ccc(Oc2ccc(Cl)cc2)cc1)C(=O)O. The molecule has 0 radical (unpaired) electrons. The fourth-order valence-corrected chi connectivity index (χ4v) is 3.67. The minimum atomic E-state index is -3.99. The van der Waals surface area contributed by atoms with Gasteiger partial charge in [0.1, 0.15) is 17.5 Å². The predicted molar refractivity (Wildman–Crippen MR) is 99.2 cm³/mol. The maximum Gasteiger partial charge on any atom is 0.322 e. The van der Waals surface area contributed by atoms with Gasteiger partial charge in [0.15, 0.2) is 0 Å². The molecule has 1 atom stereocenters. The fourth-order valence-electron chi connectivity index (χ4n) is 2.15. The van der Waals surface area contributed by atoms with E-state index in [1.807, 2.05) is 0 Å². The Labute approximate surface area is 157 Å². The molecule has 2 N–H and O–H groups in total. The second-order valence-corrected chi connectivity index (χ2v) is 8.94. The second-order valence-electron chi connectivity index (χ2n) is 6.79. The van der Waals surface area contributed by atoms with E-state index in [0.717, 1.165) is 0 Å². The van der Waals surface area contributed by atoms with E-state index in [1.54, 1.807) is 45.0 Å². The number of hydrogen-bond donors (Lipinski definition) is 2. The number of sulfonamides is 1. The summed E-state index contributed by atoms with van der Waals surface area (Å²) in [5.74, 6) is -0.234. The molecule has 26 heavy (non-hydrogen) atoms. The number of rotatable bonds is 6. The van der Waals surface area contributed by atoms with Crippen LogP contribution in [0, 0.1) is 5.41 Å². The summed E-state index contributed by atoms with van der Waals surface area (Å²) in [6.45, 7) is 4.95. The van der Waals surface area contributed by atoms with Gasteiger partial charge in [-0.2, -0.15) is 4.72 Å². The summed E-state index contributed by atoms with van der Waals surface area (Å²) in [5.41, 5.74) is -0.781. The van der Waals surface area contributed by atoms with Gasteiger partial charge < -0.3 is 9.84 Å². The lowest BCUT2D eigenvalue weighted by Crippen LogP contribution is -2.48. The molecule has 0 unspecified atom stereocenters. The standard InChI is InChI=1S/C18H20ClNO5S/c1-18(2,3)16(17(21)22)20-26(23,24)15-10-8-14(9-11-15)25-13-6-4-12(19)5-7-13/h4-11,16,20H,1-3H3,(H,21,22)/t16-/m0/s1. The van der Waals surface area contributed by atoms with Crippen molar-refractivity contribution < 1.29 is 23.1 Å². The van der Waals surface area contributed by atoms with Crippen LogP contribution in [0.25, 0.3) is 0 Å². The number of carbonyl (C=O) groups is 1. The second kappa shape index (κ2) is 7.65. The topological polar surface area (TPSA) is 92.7 Å². The van der Waals surface area contributed by atoms with Gasteiger partial charge in [-0.3, -0.25) is 4.79 Å². The van der Waals surface area contributed by atoms with Crippen LogP contribution in [0.4, 0.5) is 0 Å². The quantitative estimate of drug-likeness (QED) is 0.770. The molecular formula is C18H20ClNO5S. The number of hydrogen-bond acceptors (Lipinski definition) is 4. The van der Waals surface area contributed by atoms with Crippen LogP contribution in [0.15, 0.2) is 53.4 Å². The van der Waals surface area contributed by atoms with Gasteiger partial charge in [-0.25, -0.2) is 8.42 Å². The largest absolute Gasteiger partial charge is 0.480 e. The summed E-state index contributed by atoms with van der Waals surface area (Å²) < 4.78 is 32.8. The minimum absolute atomic E-state index is 0.0449. The molecule has 0 saturated carbocycles.